The second-order valence-corrected chi connectivity index (χ2v) is 8.43. The number of nitrogens with zero attached hydrogens (tertiary/aromatic N) is 1. The zero-order valence-corrected chi connectivity index (χ0v) is 16.8. The monoisotopic (exact) mass is 355 g/mol. The van der Waals surface area contributed by atoms with Crippen molar-refractivity contribution in [2.45, 2.75) is 91.7 Å². The Morgan fingerprint density at radius 3 is 2.28 bits per heavy atom. The van der Waals surface area contributed by atoms with Crippen LogP contribution in [0.5, 0.6) is 0 Å². The first kappa shape index (κ1) is 21.5. The van der Waals surface area contributed by atoms with Crippen molar-refractivity contribution in [3.63, 3.8) is 0 Å². The van der Waals surface area contributed by atoms with E-state index in [9.17, 15) is 14.7 Å². The molecule has 1 saturated heterocycles. The molecule has 144 valence electrons. The maximum absolute atomic E-state index is 12.8. The largest absolute Gasteiger partial charge is 0.478 e. The van der Waals surface area contributed by atoms with E-state index in [0.717, 1.165) is 0 Å². The summed E-state index contributed by atoms with van der Waals surface area (Å²) in [6, 6.07) is -0.272. The fourth-order valence-electron chi connectivity index (χ4n) is 3.09. The lowest BCUT2D eigenvalue weighted by Gasteiger charge is -2.35. The van der Waals surface area contributed by atoms with Gasteiger partial charge in [-0.3, -0.25) is 4.90 Å². The molecule has 1 amide bonds. The van der Waals surface area contributed by atoms with E-state index in [-0.39, 0.29) is 6.04 Å². The molecule has 25 heavy (non-hydrogen) atoms. The van der Waals surface area contributed by atoms with Crippen molar-refractivity contribution in [2.24, 2.45) is 5.92 Å². The normalized spacial score (nSPS) is 23.9. The van der Waals surface area contributed by atoms with Gasteiger partial charge in [0, 0.05) is 5.57 Å². The van der Waals surface area contributed by atoms with Crippen LogP contribution < -0.4 is 0 Å². The Bertz CT molecular complexity index is 530. The molecule has 1 rings (SSSR count). The van der Waals surface area contributed by atoms with Gasteiger partial charge < -0.3 is 14.6 Å². The molecule has 1 N–H and O–H groups in total. The molecule has 0 saturated carbocycles. The van der Waals surface area contributed by atoms with Gasteiger partial charge in [-0.2, -0.15) is 0 Å². The molecule has 2 atom stereocenters. The standard InChI is InChI=1S/C19H33NO5/c1-9-13(16(21)22)11-15-14(10-12(2)3)20(19(7,8)24-15)17(23)25-18(4,5)6/h11-12,14-15H,9-10H2,1-8H3,(H,21,22)/b13-11+/t14-,15-/m0/s1. The van der Waals surface area contributed by atoms with Crippen molar-refractivity contribution in [3.05, 3.63) is 11.6 Å². The third-order valence-electron chi connectivity index (χ3n) is 4.04. The second-order valence-electron chi connectivity index (χ2n) is 8.43. The van der Waals surface area contributed by atoms with Gasteiger partial charge in [0.25, 0.3) is 0 Å². The van der Waals surface area contributed by atoms with E-state index in [1.54, 1.807) is 17.9 Å². The van der Waals surface area contributed by atoms with Gasteiger partial charge in [-0.05, 0) is 59.5 Å². The molecule has 1 aliphatic heterocycles. The lowest BCUT2D eigenvalue weighted by molar-refractivity contribution is -0.133. The minimum atomic E-state index is -0.956. The summed E-state index contributed by atoms with van der Waals surface area (Å²) in [5.41, 5.74) is -1.19. The highest BCUT2D eigenvalue weighted by molar-refractivity contribution is 5.86. The Hall–Kier alpha value is -1.56. The fraction of sp³-hybridized carbons (Fsp3) is 0.789. The number of carbonyl (C=O) groups is 2. The van der Waals surface area contributed by atoms with Gasteiger partial charge >= 0.3 is 12.1 Å². The van der Waals surface area contributed by atoms with Crippen molar-refractivity contribution in [2.75, 3.05) is 0 Å². The summed E-state index contributed by atoms with van der Waals surface area (Å²) in [5.74, 6) is -0.638. The molecule has 0 aliphatic carbocycles. The third-order valence-corrected chi connectivity index (χ3v) is 4.04. The Labute approximate surface area is 151 Å². The smallest absolute Gasteiger partial charge is 0.412 e. The summed E-state index contributed by atoms with van der Waals surface area (Å²) in [7, 11) is 0. The number of carbonyl (C=O) groups excluding carboxylic acids is 1. The summed E-state index contributed by atoms with van der Waals surface area (Å²) in [5, 5.41) is 9.33. The van der Waals surface area contributed by atoms with Gasteiger partial charge in [0.15, 0.2) is 0 Å². The Balaban J connectivity index is 3.25. The van der Waals surface area contributed by atoms with Gasteiger partial charge in [-0.15, -0.1) is 0 Å². The maximum Gasteiger partial charge on any atom is 0.412 e. The highest BCUT2D eigenvalue weighted by atomic mass is 16.6. The minimum absolute atomic E-state index is 0.272. The van der Waals surface area contributed by atoms with Crippen LogP contribution in [0.2, 0.25) is 0 Å². The molecule has 0 aromatic rings. The van der Waals surface area contributed by atoms with Crippen LogP contribution in [0.25, 0.3) is 0 Å². The predicted molar refractivity (Wildman–Crippen MR) is 96.3 cm³/mol. The number of amides is 1. The van der Waals surface area contributed by atoms with Crippen molar-refractivity contribution >= 4 is 12.1 Å². The number of rotatable bonds is 5. The first-order valence-corrected chi connectivity index (χ1v) is 8.92. The highest BCUT2D eigenvalue weighted by Gasteiger charge is 2.50. The number of carboxylic acids is 1. The van der Waals surface area contributed by atoms with E-state index in [4.69, 9.17) is 9.47 Å². The number of aliphatic carboxylic acids is 1. The van der Waals surface area contributed by atoms with E-state index in [1.807, 2.05) is 34.6 Å². The fourth-order valence-corrected chi connectivity index (χ4v) is 3.09. The quantitative estimate of drug-likeness (QED) is 0.748. The zero-order valence-electron chi connectivity index (χ0n) is 16.8. The zero-order chi connectivity index (χ0) is 19.6. The number of carboxylic acid groups (broad SMARTS) is 1. The van der Waals surface area contributed by atoms with E-state index in [0.29, 0.717) is 24.3 Å². The van der Waals surface area contributed by atoms with Gasteiger partial charge in [-0.25, -0.2) is 9.59 Å². The van der Waals surface area contributed by atoms with Crippen LogP contribution in [0, 0.1) is 5.92 Å². The van der Waals surface area contributed by atoms with Crippen LogP contribution in [0.1, 0.15) is 68.2 Å². The van der Waals surface area contributed by atoms with Gasteiger partial charge in [0.2, 0.25) is 0 Å². The molecule has 0 aromatic carbocycles. The van der Waals surface area contributed by atoms with Gasteiger partial charge in [-0.1, -0.05) is 20.8 Å². The van der Waals surface area contributed by atoms with Crippen molar-refractivity contribution in [3.8, 4) is 0 Å². The summed E-state index contributed by atoms with van der Waals surface area (Å²) in [6.45, 7) is 15.0. The van der Waals surface area contributed by atoms with Crippen molar-refractivity contribution in [1.82, 2.24) is 4.90 Å². The molecular weight excluding hydrogens is 322 g/mol. The molecule has 0 aromatic heterocycles. The summed E-state index contributed by atoms with van der Waals surface area (Å²) in [4.78, 5) is 25.8. The van der Waals surface area contributed by atoms with Crippen molar-refractivity contribution < 1.29 is 24.2 Å². The molecule has 6 nitrogen and oxygen atoms in total. The van der Waals surface area contributed by atoms with E-state index in [2.05, 4.69) is 13.8 Å². The van der Waals surface area contributed by atoms with Crippen LogP contribution in [0.4, 0.5) is 4.79 Å². The molecule has 1 aliphatic rings. The molecule has 6 heteroatoms. The molecule has 0 radical (unpaired) electrons. The first-order valence-electron chi connectivity index (χ1n) is 8.92. The van der Waals surface area contributed by atoms with E-state index < -0.39 is 29.5 Å². The van der Waals surface area contributed by atoms with Crippen molar-refractivity contribution in [1.29, 1.82) is 0 Å². The molecule has 1 fully saturated rings. The van der Waals surface area contributed by atoms with Crippen LogP contribution >= 0.6 is 0 Å². The maximum atomic E-state index is 12.8. The van der Waals surface area contributed by atoms with Crippen LogP contribution in [-0.2, 0) is 14.3 Å². The number of ether oxygens (including phenoxy) is 2. The van der Waals surface area contributed by atoms with Crippen LogP contribution in [0.3, 0.4) is 0 Å². The van der Waals surface area contributed by atoms with E-state index in [1.165, 1.54) is 0 Å². The minimum Gasteiger partial charge on any atom is -0.478 e. The van der Waals surface area contributed by atoms with Crippen LogP contribution in [-0.4, -0.2) is 45.5 Å². The number of hydrogen-bond donors (Lipinski definition) is 1. The summed E-state index contributed by atoms with van der Waals surface area (Å²) < 4.78 is 11.6. The highest BCUT2D eigenvalue weighted by Crippen LogP contribution is 2.37. The van der Waals surface area contributed by atoms with Gasteiger partial charge in [0.1, 0.15) is 11.3 Å². The first-order chi connectivity index (χ1) is 11.3. The molecule has 0 bridgehead atoms. The number of hydrogen-bond acceptors (Lipinski definition) is 4. The lowest BCUT2D eigenvalue weighted by Crippen LogP contribution is -2.50. The molecule has 1 heterocycles. The Kier molecular flexibility index (Phi) is 6.68. The average molecular weight is 355 g/mol. The SMILES string of the molecule is CC/C(=C\[C@@H]1OC(C)(C)N(C(=O)OC(C)(C)C)[C@H]1CC(C)C)C(=O)O. The van der Waals surface area contributed by atoms with Crippen LogP contribution in [0.15, 0.2) is 11.6 Å². The topological polar surface area (TPSA) is 76.1 Å². The Morgan fingerprint density at radius 1 is 1.32 bits per heavy atom. The lowest BCUT2D eigenvalue weighted by atomic mass is 9.96. The molecular formula is C19H33NO5. The Morgan fingerprint density at radius 2 is 1.88 bits per heavy atom. The summed E-state index contributed by atoms with van der Waals surface area (Å²) in [6.07, 6.45) is 1.82. The third kappa shape index (κ3) is 5.73. The van der Waals surface area contributed by atoms with E-state index >= 15 is 0 Å². The molecule has 0 spiro atoms. The second kappa shape index (κ2) is 7.77. The predicted octanol–water partition coefficient (Wildman–Crippen LogP) is 4.19. The molecule has 0 unspecified atom stereocenters. The summed E-state index contributed by atoms with van der Waals surface area (Å²) >= 11 is 0. The van der Waals surface area contributed by atoms with Gasteiger partial charge in [0.05, 0.1) is 12.1 Å². The average Bonchev–Trinajstić information content (AvgIpc) is 2.63.